The highest BCUT2D eigenvalue weighted by Crippen LogP contribution is 2.29. The summed E-state index contributed by atoms with van der Waals surface area (Å²) in [5.74, 6) is 0. The third kappa shape index (κ3) is 4.00. The topological polar surface area (TPSA) is 63.4 Å². The van der Waals surface area contributed by atoms with Gasteiger partial charge in [-0.3, -0.25) is 10.1 Å². The van der Waals surface area contributed by atoms with Crippen LogP contribution in [0.1, 0.15) is 16.7 Å². The van der Waals surface area contributed by atoms with Crippen molar-refractivity contribution in [3.05, 3.63) is 72.1 Å². The van der Waals surface area contributed by atoms with Gasteiger partial charge in [-0.05, 0) is 23.3 Å². The summed E-state index contributed by atoms with van der Waals surface area (Å²) in [5.41, 5.74) is 2.50. The molecule has 4 nitrogen and oxygen atoms in total. The number of nitro benzene ring substituents is 1. The minimum atomic E-state index is -0.417. The van der Waals surface area contributed by atoms with E-state index in [9.17, 15) is 10.1 Å². The predicted octanol–water partition coefficient (Wildman–Crippen LogP) is 4.78. The average molecular weight is 413 g/mol. The molecule has 0 atom stereocenters. The first-order chi connectivity index (χ1) is 10.0. The Kier molecular flexibility index (Phi) is 5.27. The third-order valence-corrected chi connectivity index (χ3v) is 4.16. The fourth-order valence-corrected chi connectivity index (χ4v) is 3.35. The molecule has 2 rings (SSSR count). The van der Waals surface area contributed by atoms with Gasteiger partial charge in [0.05, 0.1) is 11.5 Å². The molecule has 0 saturated carbocycles. The number of aliphatic hydroxyl groups is 1. The van der Waals surface area contributed by atoms with Gasteiger partial charge in [0.2, 0.25) is 0 Å². The summed E-state index contributed by atoms with van der Waals surface area (Å²) >= 11 is 6.90. The van der Waals surface area contributed by atoms with Gasteiger partial charge in [0.1, 0.15) is 0 Å². The van der Waals surface area contributed by atoms with Crippen LogP contribution >= 0.6 is 31.9 Å². The zero-order valence-electron chi connectivity index (χ0n) is 10.8. The summed E-state index contributed by atoms with van der Waals surface area (Å²) in [5, 5.41) is 19.9. The molecule has 0 bridgehead atoms. The minimum absolute atomic E-state index is 0.0356. The Morgan fingerprint density at radius 1 is 1.14 bits per heavy atom. The summed E-state index contributed by atoms with van der Waals surface area (Å²) in [6.45, 7) is -0.0356. The Morgan fingerprint density at radius 3 is 2.38 bits per heavy atom. The third-order valence-electron chi connectivity index (χ3n) is 2.84. The lowest BCUT2D eigenvalue weighted by atomic mass is 10.1. The molecular weight excluding hydrogens is 402 g/mol. The van der Waals surface area contributed by atoms with Gasteiger partial charge < -0.3 is 5.11 Å². The standard InChI is InChI=1S/C15H11Br2NO3/c16-14-7-11(9-19)8-15(17)13(14)5-4-10-2-1-3-12(6-10)18(20)21/h1-8,19H,9H2/b5-4+. The van der Waals surface area contributed by atoms with Crippen LogP contribution in [0.15, 0.2) is 45.3 Å². The minimum Gasteiger partial charge on any atom is -0.392 e. The van der Waals surface area contributed by atoms with Crippen molar-refractivity contribution in [1.29, 1.82) is 0 Å². The van der Waals surface area contributed by atoms with Crippen molar-refractivity contribution >= 4 is 49.7 Å². The van der Waals surface area contributed by atoms with Crippen molar-refractivity contribution < 1.29 is 10.0 Å². The zero-order valence-corrected chi connectivity index (χ0v) is 14.0. The number of nitrogens with zero attached hydrogens (tertiary/aromatic N) is 1. The van der Waals surface area contributed by atoms with Crippen LogP contribution in [0, 0.1) is 10.1 Å². The first kappa shape index (κ1) is 15.9. The van der Waals surface area contributed by atoms with E-state index in [-0.39, 0.29) is 12.3 Å². The summed E-state index contributed by atoms with van der Waals surface area (Å²) in [4.78, 5) is 10.3. The van der Waals surface area contributed by atoms with Crippen LogP contribution in [0.5, 0.6) is 0 Å². The Hall–Kier alpha value is -1.50. The van der Waals surface area contributed by atoms with E-state index in [1.807, 2.05) is 18.2 Å². The Balaban J connectivity index is 2.33. The molecule has 0 saturated heterocycles. The van der Waals surface area contributed by atoms with Crippen molar-refractivity contribution in [3.63, 3.8) is 0 Å². The van der Waals surface area contributed by atoms with E-state index in [1.165, 1.54) is 12.1 Å². The van der Waals surface area contributed by atoms with E-state index in [0.717, 1.165) is 25.6 Å². The molecule has 0 heterocycles. The highest BCUT2D eigenvalue weighted by atomic mass is 79.9. The van der Waals surface area contributed by atoms with Gasteiger partial charge in [0.15, 0.2) is 0 Å². The van der Waals surface area contributed by atoms with Crippen molar-refractivity contribution in [3.8, 4) is 0 Å². The molecule has 1 N–H and O–H groups in total. The van der Waals surface area contributed by atoms with Crippen molar-refractivity contribution in [2.45, 2.75) is 6.61 Å². The largest absolute Gasteiger partial charge is 0.392 e. The molecule has 6 heteroatoms. The highest BCUT2D eigenvalue weighted by molar-refractivity contribution is 9.11. The smallest absolute Gasteiger partial charge is 0.270 e. The second-order valence-corrected chi connectivity index (χ2v) is 6.03. The van der Waals surface area contributed by atoms with Gasteiger partial charge in [0, 0.05) is 26.6 Å². The maximum absolute atomic E-state index is 10.7. The molecule has 0 aliphatic heterocycles. The molecule has 21 heavy (non-hydrogen) atoms. The molecule has 108 valence electrons. The quantitative estimate of drug-likeness (QED) is 0.446. The van der Waals surface area contributed by atoms with Crippen LogP contribution in [-0.4, -0.2) is 10.0 Å². The van der Waals surface area contributed by atoms with Crippen LogP contribution in [0.25, 0.3) is 12.2 Å². The van der Waals surface area contributed by atoms with Crippen LogP contribution in [-0.2, 0) is 6.61 Å². The predicted molar refractivity (Wildman–Crippen MR) is 89.8 cm³/mol. The van der Waals surface area contributed by atoms with E-state index in [1.54, 1.807) is 18.2 Å². The molecule has 0 aliphatic carbocycles. The zero-order chi connectivity index (χ0) is 15.4. The van der Waals surface area contributed by atoms with E-state index in [2.05, 4.69) is 31.9 Å². The number of hydrogen-bond donors (Lipinski definition) is 1. The number of non-ortho nitro benzene ring substituents is 1. The van der Waals surface area contributed by atoms with Crippen LogP contribution in [0.2, 0.25) is 0 Å². The number of benzene rings is 2. The summed E-state index contributed by atoms with van der Waals surface area (Å²) in [7, 11) is 0. The first-order valence-corrected chi connectivity index (χ1v) is 7.61. The number of nitro groups is 1. The molecule has 0 amide bonds. The van der Waals surface area contributed by atoms with E-state index < -0.39 is 4.92 Å². The fourth-order valence-electron chi connectivity index (χ4n) is 1.81. The van der Waals surface area contributed by atoms with E-state index in [0.29, 0.717) is 0 Å². The van der Waals surface area contributed by atoms with E-state index in [4.69, 9.17) is 5.11 Å². The lowest BCUT2D eigenvalue weighted by Crippen LogP contribution is -1.88. The van der Waals surface area contributed by atoms with Crippen LogP contribution in [0.4, 0.5) is 5.69 Å². The Labute approximate surface area is 138 Å². The number of rotatable bonds is 4. The molecule has 2 aromatic rings. The van der Waals surface area contributed by atoms with Gasteiger partial charge in [0.25, 0.3) is 5.69 Å². The second-order valence-electron chi connectivity index (χ2n) is 4.32. The molecular formula is C15H11Br2NO3. The SMILES string of the molecule is O=[N+]([O-])c1cccc(/C=C/c2c(Br)cc(CO)cc2Br)c1. The molecule has 2 aromatic carbocycles. The van der Waals surface area contributed by atoms with Gasteiger partial charge in [-0.1, -0.05) is 56.1 Å². The maximum atomic E-state index is 10.7. The van der Waals surface area contributed by atoms with Crippen molar-refractivity contribution in [2.75, 3.05) is 0 Å². The summed E-state index contributed by atoms with van der Waals surface area (Å²) < 4.78 is 1.67. The monoisotopic (exact) mass is 411 g/mol. The van der Waals surface area contributed by atoms with Gasteiger partial charge >= 0.3 is 0 Å². The summed E-state index contributed by atoms with van der Waals surface area (Å²) in [6, 6.07) is 10.1. The maximum Gasteiger partial charge on any atom is 0.270 e. The van der Waals surface area contributed by atoms with Crippen LogP contribution in [0.3, 0.4) is 0 Å². The second kappa shape index (κ2) is 6.98. The molecule has 0 radical (unpaired) electrons. The van der Waals surface area contributed by atoms with Gasteiger partial charge in [-0.15, -0.1) is 0 Å². The van der Waals surface area contributed by atoms with Crippen molar-refractivity contribution in [1.82, 2.24) is 0 Å². The molecule has 0 spiro atoms. The van der Waals surface area contributed by atoms with E-state index >= 15 is 0 Å². The van der Waals surface area contributed by atoms with Gasteiger partial charge in [-0.25, -0.2) is 0 Å². The van der Waals surface area contributed by atoms with Crippen molar-refractivity contribution in [2.24, 2.45) is 0 Å². The highest BCUT2D eigenvalue weighted by Gasteiger charge is 2.06. The van der Waals surface area contributed by atoms with Gasteiger partial charge in [-0.2, -0.15) is 0 Å². The lowest BCUT2D eigenvalue weighted by molar-refractivity contribution is -0.384. The number of halogens is 2. The molecule has 0 fully saturated rings. The Morgan fingerprint density at radius 2 is 1.81 bits per heavy atom. The lowest BCUT2D eigenvalue weighted by Gasteiger charge is -2.05. The van der Waals surface area contributed by atoms with Crippen LogP contribution < -0.4 is 0 Å². The molecule has 0 aliphatic rings. The summed E-state index contributed by atoms with van der Waals surface area (Å²) in [6.07, 6.45) is 3.66. The molecule has 0 aromatic heterocycles. The average Bonchev–Trinajstić information content (AvgIpc) is 2.46. The Bertz CT molecular complexity index is 691. The number of aliphatic hydroxyl groups excluding tert-OH is 1. The first-order valence-electron chi connectivity index (χ1n) is 6.02. The normalized spacial score (nSPS) is 11.0. The number of hydrogen-bond acceptors (Lipinski definition) is 3. The molecule has 0 unspecified atom stereocenters. The fraction of sp³-hybridized carbons (Fsp3) is 0.0667.